The van der Waals surface area contributed by atoms with Crippen molar-refractivity contribution in [2.24, 2.45) is 0 Å². The monoisotopic (exact) mass is 287 g/mol. The van der Waals surface area contributed by atoms with Gasteiger partial charge in [0.1, 0.15) is 11.9 Å². The van der Waals surface area contributed by atoms with Gasteiger partial charge in [0, 0.05) is 30.6 Å². The highest BCUT2D eigenvalue weighted by Gasteiger charge is 2.18. The Morgan fingerprint density at radius 3 is 2.57 bits per heavy atom. The van der Waals surface area contributed by atoms with E-state index in [1.807, 2.05) is 31.3 Å². The van der Waals surface area contributed by atoms with E-state index in [1.54, 1.807) is 0 Å². The van der Waals surface area contributed by atoms with Gasteiger partial charge in [-0.2, -0.15) is 0 Å². The molecule has 0 saturated heterocycles. The van der Waals surface area contributed by atoms with E-state index >= 15 is 0 Å². The first-order chi connectivity index (χ1) is 9.99. The first-order valence-electron chi connectivity index (χ1n) is 7.45. The summed E-state index contributed by atoms with van der Waals surface area (Å²) in [5.41, 5.74) is 2.27. The van der Waals surface area contributed by atoms with E-state index < -0.39 is 0 Å². The molecule has 0 aliphatic rings. The van der Waals surface area contributed by atoms with Gasteiger partial charge in [0.15, 0.2) is 0 Å². The molecule has 21 heavy (non-hydrogen) atoms. The number of imidazole rings is 1. The molecule has 0 saturated carbocycles. The number of nitrogens with zero attached hydrogens (tertiary/aromatic N) is 1. The molecule has 1 aromatic carbocycles. The minimum atomic E-state index is -0.139. The van der Waals surface area contributed by atoms with Gasteiger partial charge in [-0.3, -0.25) is 0 Å². The summed E-state index contributed by atoms with van der Waals surface area (Å²) >= 11 is 0. The summed E-state index contributed by atoms with van der Waals surface area (Å²) in [6, 6.07) is 10.2. The maximum Gasteiger partial charge on any atom is 0.140 e. The fourth-order valence-corrected chi connectivity index (χ4v) is 2.09. The molecule has 0 spiro atoms. The summed E-state index contributed by atoms with van der Waals surface area (Å²) in [5.74, 6) is 0.855. The molecular formula is C17H25N3O. The molecule has 0 bridgehead atoms. The van der Waals surface area contributed by atoms with E-state index in [4.69, 9.17) is 4.74 Å². The van der Waals surface area contributed by atoms with E-state index in [2.05, 4.69) is 48.2 Å². The molecule has 2 aromatic rings. The van der Waals surface area contributed by atoms with Crippen LogP contribution in [0.5, 0.6) is 0 Å². The fourth-order valence-electron chi connectivity index (χ4n) is 2.09. The van der Waals surface area contributed by atoms with Crippen LogP contribution in [0.3, 0.4) is 0 Å². The Bertz CT molecular complexity index is 543. The largest absolute Gasteiger partial charge is 0.366 e. The van der Waals surface area contributed by atoms with E-state index in [-0.39, 0.29) is 11.6 Å². The zero-order chi connectivity index (χ0) is 15.3. The number of aromatic nitrogens is 2. The van der Waals surface area contributed by atoms with Crippen LogP contribution >= 0.6 is 0 Å². The topological polar surface area (TPSA) is 49.9 Å². The van der Waals surface area contributed by atoms with Gasteiger partial charge in [-0.05, 0) is 33.3 Å². The van der Waals surface area contributed by atoms with Gasteiger partial charge in [0.2, 0.25) is 0 Å². The number of rotatable bonds is 6. The second-order valence-corrected chi connectivity index (χ2v) is 6.14. The second-order valence-electron chi connectivity index (χ2n) is 6.14. The van der Waals surface area contributed by atoms with Gasteiger partial charge in [-0.25, -0.2) is 4.98 Å². The van der Waals surface area contributed by atoms with Crippen LogP contribution in [-0.4, -0.2) is 22.1 Å². The van der Waals surface area contributed by atoms with Crippen molar-refractivity contribution < 1.29 is 4.74 Å². The SMILES string of the molecule is CCOC(c1ccccc1)c1ncc(CNC(C)(C)C)[nH]1. The Morgan fingerprint density at radius 2 is 1.95 bits per heavy atom. The summed E-state index contributed by atoms with van der Waals surface area (Å²) in [4.78, 5) is 7.86. The highest BCUT2D eigenvalue weighted by molar-refractivity contribution is 5.23. The van der Waals surface area contributed by atoms with Crippen molar-refractivity contribution >= 4 is 0 Å². The summed E-state index contributed by atoms with van der Waals surface area (Å²) in [7, 11) is 0. The molecule has 4 heteroatoms. The standard InChI is InChI=1S/C17H25N3O/c1-5-21-15(13-9-7-6-8-10-13)16-18-11-14(20-16)12-19-17(2,3)4/h6-11,15,19H,5,12H2,1-4H3,(H,18,20). The predicted molar refractivity (Wildman–Crippen MR) is 85.1 cm³/mol. The normalized spacial score (nSPS) is 13.3. The summed E-state index contributed by atoms with van der Waals surface area (Å²) < 4.78 is 5.86. The number of nitrogens with one attached hydrogen (secondary N) is 2. The van der Waals surface area contributed by atoms with E-state index in [0.717, 1.165) is 23.6 Å². The summed E-state index contributed by atoms with van der Waals surface area (Å²) in [6.45, 7) is 9.87. The molecule has 1 unspecified atom stereocenters. The third kappa shape index (κ3) is 4.69. The number of aromatic amines is 1. The lowest BCUT2D eigenvalue weighted by molar-refractivity contribution is 0.0856. The Balaban J connectivity index is 2.13. The Morgan fingerprint density at radius 1 is 1.24 bits per heavy atom. The molecule has 4 nitrogen and oxygen atoms in total. The molecule has 0 amide bonds. The Kier molecular flexibility index (Phi) is 5.15. The van der Waals surface area contributed by atoms with Crippen LogP contribution in [0.15, 0.2) is 36.5 Å². The molecule has 114 valence electrons. The maximum absolute atomic E-state index is 5.86. The number of ether oxygens (including phenoxy) is 1. The third-order valence-corrected chi connectivity index (χ3v) is 3.14. The van der Waals surface area contributed by atoms with Crippen molar-refractivity contribution in [1.82, 2.24) is 15.3 Å². The highest BCUT2D eigenvalue weighted by Crippen LogP contribution is 2.23. The molecule has 0 radical (unpaired) electrons. The van der Waals surface area contributed by atoms with Crippen LogP contribution < -0.4 is 5.32 Å². The first kappa shape index (κ1) is 15.7. The average Bonchev–Trinajstić information content (AvgIpc) is 2.91. The van der Waals surface area contributed by atoms with Crippen LogP contribution in [-0.2, 0) is 11.3 Å². The van der Waals surface area contributed by atoms with Crippen molar-refractivity contribution in [3.63, 3.8) is 0 Å². The summed E-state index contributed by atoms with van der Waals surface area (Å²) in [5, 5.41) is 3.45. The van der Waals surface area contributed by atoms with Crippen LogP contribution in [0.25, 0.3) is 0 Å². The van der Waals surface area contributed by atoms with Crippen molar-refractivity contribution in [3.05, 3.63) is 53.6 Å². The summed E-state index contributed by atoms with van der Waals surface area (Å²) in [6.07, 6.45) is 1.74. The molecule has 0 aliphatic heterocycles. The van der Waals surface area contributed by atoms with Crippen molar-refractivity contribution in [2.75, 3.05) is 6.61 Å². The Labute approximate surface area is 127 Å². The van der Waals surface area contributed by atoms with Crippen molar-refractivity contribution in [2.45, 2.75) is 45.9 Å². The minimum Gasteiger partial charge on any atom is -0.366 e. The van der Waals surface area contributed by atoms with Gasteiger partial charge in [-0.1, -0.05) is 30.3 Å². The van der Waals surface area contributed by atoms with E-state index in [9.17, 15) is 0 Å². The lowest BCUT2D eigenvalue weighted by Crippen LogP contribution is -2.35. The molecule has 0 fully saturated rings. The number of H-pyrrole nitrogens is 1. The Hall–Kier alpha value is -1.65. The molecule has 1 atom stereocenters. The van der Waals surface area contributed by atoms with Crippen LogP contribution in [0.1, 0.15) is 50.9 Å². The molecular weight excluding hydrogens is 262 g/mol. The van der Waals surface area contributed by atoms with E-state index in [0.29, 0.717) is 6.61 Å². The number of hydrogen-bond donors (Lipinski definition) is 2. The van der Waals surface area contributed by atoms with Gasteiger partial charge in [0.05, 0.1) is 0 Å². The first-order valence-corrected chi connectivity index (χ1v) is 7.45. The number of hydrogen-bond acceptors (Lipinski definition) is 3. The van der Waals surface area contributed by atoms with Gasteiger partial charge in [0.25, 0.3) is 0 Å². The molecule has 2 N–H and O–H groups in total. The van der Waals surface area contributed by atoms with Gasteiger partial charge < -0.3 is 15.0 Å². The molecule has 0 aliphatic carbocycles. The smallest absolute Gasteiger partial charge is 0.140 e. The second kappa shape index (κ2) is 6.87. The highest BCUT2D eigenvalue weighted by atomic mass is 16.5. The van der Waals surface area contributed by atoms with Gasteiger partial charge in [-0.15, -0.1) is 0 Å². The van der Waals surface area contributed by atoms with Crippen molar-refractivity contribution in [1.29, 1.82) is 0 Å². The molecule has 2 rings (SSSR count). The lowest BCUT2D eigenvalue weighted by atomic mass is 10.1. The lowest BCUT2D eigenvalue weighted by Gasteiger charge is -2.19. The van der Waals surface area contributed by atoms with Crippen LogP contribution in [0.4, 0.5) is 0 Å². The quantitative estimate of drug-likeness (QED) is 0.856. The average molecular weight is 287 g/mol. The number of benzene rings is 1. The zero-order valence-electron chi connectivity index (χ0n) is 13.3. The maximum atomic E-state index is 5.86. The third-order valence-electron chi connectivity index (χ3n) is 3.14. The van der Waals surface area contributed by atoms with Crippen molar-refractivity contribution in [3.8, 4) is 0 Å². The molecule has 1 heterocycles. The van der Waals surface area contributed by atoms with E-state index in [1.165, 1.54) is 0 Å². The van der Waals surface area contributed by atoms with Crippen LogP contribution in [0.2, 0.25) is 0 Å². The fraction of sp³-hybridized carbons (Fsp3) is 0.471. The van der Waals surface area contributed by atoms with Crippen LogP contribution in [0, 0.1) is 0 Å². The minimum absolute atomic E-state index is 0.0873. The van der Waals surface area contributed by atoms with Gasteiger partial charge >= 0.3 is 0 Å². The predicted octanol–water partition coefficient (Wildman–Crippen LogP) is 3.42. The zero-order valence-corrected chi connectivity index (χ0v) is 13.3. The molecule has 1 aromatic heterocycles.